The second-order valence-electron chi connectivity index (χ2n) is 10.4. The number of carbonyl (C=O) groups is 1. The van der Waals surface area contributed by atoms with Gasteiger partial charge in [-0.2, -0.15) is 26.9 Å². The number of benzene rings is 3. The standard InChI is InChI=1S/C33H26F4N4O7S/c1-45-13-12-41-28-15-23(32(42)46-2)10-11-27(28)39-30(41)17-22-9-8-21(16-29(22)48-49(43,44)33(35,36)37)26-4-3-5-31(40-26)47-19-24-7-6-20(18-38)14-25(24)34/h3-11,14-16H,12-13,17,19H2,1-2H3. The Bertz CT molecular complexity index is 2180. The fraction of sp³-hybridized carbons (Fsp3) is 0.212. The van der Waals surface area contributed by atoms with Crippen LogP contribution in [0.4, 0.5) is 17.6 Å². The number of pyridine rings is 1. The first-order valence-corrected chi connectivity index (χ1v) is 15.7. The molecule has 0 saturated carbocycles. The second kappa shape index (κ2) is 14.3. The summed E-state index contributed by atoms with van der Waals surface area (Å²) in [7, 11) is -3.38. The zero-order valence-corrected chi connectivity index (χ0v) is 26.6. The Hall–Kier alpha value is -5.53. The SMILES string of the molecule is COCCn1c(Cc2ccc(-c3cccc(OCc4ccc(C#N)cc4F)n3)cc2OS(=O)(=O)C(F)(F)F)nc2ccc(C(=O)OC)cc21. The molecule has 0 aliphatic heterocycles. The van der Waals surface area contributed by atoms with E-state index in [1.165, 1.54) is 62.8 Å². The number of carbonyl (C=O) groups excluding carboxylic acids is 1. The largest absolute Gasteiger partial charge is 0.534 e. The summed E-state index contributed by atoms with van der Waals surface area (Å²) in [5, 5.41) is 8.94. The molecule has 0 unspecified atom stereocenters. The molecule has 2 aromatic heterocycles. The lowest BCUT2D eigenvalue weighted by molar-refractivity contribution is -0.0500. The van der Waals surface area contributed by atoms with Gasteiger partial charge >= 0.3 is 21.6 Å². The van der Waals surface area contributed by atoms with E-state index in [0.717, 1.165) is 12.1 Å². The van der Waals surface area contributed by atoms with E-state index in [0.29, 0.717) is 16.9 Å². The first kappa shape index (κ1) is 34.8. The van der Waals surface area contributed by atoms with Crippen LogP contribution in [-0.2, 0) is 39.2 Å². The molecule has 5 rings (SSSR count). The normalized spacial score (nSPS) is 11.7. The average Bonchev–Trinajstić information content (AvgIpc) is 3.42. The molecule has 3 aromatic carbocycles. The zero-order valence-electron chi connectivity index (χ0n) is 25.8. The van der Waals surface area contributed by atoms with Gasteiger partial charge in [0.2, 0.25) is 5.88 Å². The van der Waals surface area contributed by atoms with Crippen molar-refractivity contribution in [1.29, 1.82) is 5.26 Å². The maximum atomic E-state index is 14.3. The van der Waals surface area contributed by atoms with Crippen LogP contribution in [-0.4, -0.2) is 55.3 Å². The fourth-order valence-corrected chi connectivity index (χ4v) is 5.29. The first-order valence-electron chi connectivity index (χ1n) is 14.3. The molecule has 11 nitrogen and oxygen atoms in total. The van der Waals surface area contributed by atoms with Crippen molar-refractivity contribution in [2.24, 2.45) is 0 Å². The van der Waals surface area contributed by atoms with Crippen molar-refractivity contribution in [2.45, 2.75) is 25.1 Å². The van der Waals surface area contributed by atoms with Gasteiger partial charge in [0, 0.05) is 42.8 Å². The highest BCUT2D eigenvalue weighted by atomic mass is 32.2. The van der Waals surface area contributed by atoms with Crippen LogP contribution in [0.25, 0.3) is 22.3 Å². The number of nitrogens with zero attached hydrogens (tertiary/aromatic N) is 4. The Balaban J connectivity index is 1.52. The maximum Gasteiger partial charge on any atom is 0.534 e. The predicted molar refractivity (Wildman–Crippen MR) is 166 cm³/mol. The summed E-state index contributed by atoms with van der Waals surface area (Å²) in [6.07, 6.45) is -0.179. The Morgan fingerprint density at radius 2 is 1.76 bits per heavy atom. The van der Waals surface area contributed by atoms with Gasteiger partial charge in [-0.1, -0.05) is 24.3 Å². The van der Waals surface area contributed by atoms with E-state index in [-0.39, 0.29) is 65.6 Å². The van der Waals surface area contributed by atoms with Crippen molar-refractivity contribution in [3.8, 4) is 29.0 Å². The van der Waals surface area contributed by atoms with Crippen molar-refractivity contribution in [2.75, 3.05) is 20.8 Å². The number of hydrogen-bond acceptors (Lipinski definition) is 10. The lowest BCUT2D eigenvalue weighted by Gasteiger charge is -2.15. The van der Waals surface area contributed by atoms with Crippen molar-refractivity contribution in [1.82, 2.24) is 14.5 Å². The summed E-state index contributed by atoms with van der Waals surface area (Å²) in [6.45, 7) is 0.217. The molecule has 0 amide bonds. The third-order valence-corrected chi connectivity index (χ3v) is 8.21. The van der Waals surface area contributed by atoms with Crippen LogP contribution in [0.3, 0.4) is 0 Å². The fourth-order valence-electron chi connectivity index (χ4n) is 4.80. The van der Waals surface area contributed by atoms with Gasteiger partial charge in [-0.25, -0.2) is 19.2 Å². The molecule has 0 atom stereocenters. The van der Waals surface area contributed by atoms with Gasteiger partial charge in [0.1, 0.15) is 24.0 Å². The van der Waals surface area contributed by atoms with Crippen molar-refractivity contribution in [3.63, 3.8) is 0 Å². The third-order valence-electron chi connectivity index (χ3n) is 7.24. The smallest absolute Gasteiger partial charge is 0.473 e. The minimum Gasteiger partial charge on any atom is -0.473 e. The van der Waals surface area contributed by atoms with Gasteiger partial charge in [0.05, 0.1) is 47.6 Å². The number of hydrogen-bond donors (Lipinski definition) is 0. The lowest BCUT2D eigenvalue weighted by Crippen LogP contribution is -2.28. The minimum atomic E-state index is -6.09. The molecule has 0 bridgehead atoms. The molecule has 0 fully saturated rings. The summed E-state index contributed by atoms with van der Waals surface area (Å²) in [4.78, 5) is 21.1. The highest BCUT2D eigenvalue weighted by Gasteiger charge is 2.48. The van der Waals surface area contributed by atoms with Crippen LogP contribution in [0.1, 0.15) is 32.9 Å². The van der Waals surface area contributed by atoms with Crippen molar-refractivity contribution >= 4 is 27.1 Å². The maximum absolute atomic E-state index is 14.3. The van der Waals surface area contributed by atoms with E-state index >= 15 is 0 Å². The van der Waals surface area contributed by atoms with Gasteiger partial charge < -0.3 is 23.0 Å². The summed E-state index contributed by atoms with van der Waals surface area (Å²) in [5.74, 6) is -1.51. The summed E-state index contributed by atoms with van der Waals surface area (Å²) in [5.41, 5.74) is -3.81. The molecular formula is C33H26F4N4O7S. The van der Waals surface area contributed by atoms with Gasteiger partial charge in [-0.3, -0.25) is 0 Å². The molecule has 254 valence electrons. The van der Waals surface area contributed by atoms with E-state index < -0.39 is 33.2 Å². The van der Waals surface area contributed by atoms with Crippen LogP contribution >= 0.6 is 0 Å². The average molecular weight is 699 g/mol. The van der Waals surface area contributed by atoms with E-state index in [2.05, 4.69) is 14.2 Å². The quantitative estimate of drug-likeness (QED) is 0.0665. The Morgan fingerprint density at radius 3 is 2.45 bits per heavy atom. The molecule has 0 N–H and O–H groups in total. The number of aromatic nitrogens is 3. The Kier molecular flexibility index (Phi) is 10.2. The highest BCUT2D eigenvalue weighted by molar-refractivity contribution is 7.88. The van der Waals surface area contributed by atoms with Gasteiger partial charge in [0.25, 0.3) is 0 Å². The molecule has 0 spiro atoms. The number of imidazole rings is 1. The van der Waals surface area contributed by atoms with E-state index in [9.17, 15) is 30.8 Å². The second-order valence-corrected chi connectivity index (χ2v) is 12.0. The van der Waals surface area contributed by atoms with Crippen LogP contribution in [0, 0.1) is 17.1 Å². The summed E-state index contributed by atoms with van der Waals surface area (Å²) in [6, 6.07) is 18.9. The van der Waals surface area contributed by atoms with Crippen LogP contribution in [0.2, 0.25) is 0 Å². The molecule has 2 heterocycles. The molecular weight excluding hydrogens is 672 g/mol. The number of methoxy groups -OCH3 is 2. The third kappa shape index (κ3) is 7.79. The molecule has 16 heteroatoms. The highest BCUT2D eigenvalue weighted by Crippen LogP contribution is 2.34. The topological polar surface area (TPSA) is 143 Å². The number of fused-ring (bicyclic) bond motifs is 1. The number of halogens is 4. The molecule has 0 aliphatic carbocycles. The van der Waals surface area contributed by atoms with Crippen LogP contribution in [0.15, 0.2) is 72.8 Å². The molecule has 49 heavy (non-hydrogen) atoms. The Morgan fingerprint density at radius 1 is 0.980 bits per heavy atom. The number of rotatable bonds is 12. The van der Waals surface area contributed by atoms with E-state index in [1.54, 1.807) is 16.7 Å². The van der Waals surface area contributed by atoms with Gasteiger partial charge in [-0.15, -0.1) is 0 Å². The Labute approximate surface area is 277 Å². The summed E-state index contributed by atoms with van der Waals surface area (Å²) < 4.78 is 101. The number of esters is 1. The van der Waals surface area contributed by atoms with Crippen molar-refractivity contribution in [3.05, 3.63) is 107 Å². The van der Waals surface area contributed by atoms with Crippen LogP contribution < -0.4 is 8.92 Å². The summed E-state index contributed by atoms with van der Waals surface area (Å²) >= 11 is 0. The van der Waals surface area contributed by atoms with E-state index in [1.807, 2.05) is 6.07 Å². The molecule has 0 saturated heterocycles. The lowest BCUT2D eigenvalue weighted by atomic mass is 10.0. The monoisotopic (exact) mass is 698 g/mol. The number of ether oxygens (including phenoxy) is 3. The predicted octanol–water partition coefficient (Wildman–Crippen LogP) is 5.94. The molecule has 0 aliphatic rings. The molecule has 0 radical (unpaired) electrons. The molecule has 5 aromatic rings. The van der Waals surface area contributed by atoms with E-state index in [4.69, 9.17) is 19.5 Å². The number of alkyl halides is 3. The van der Waals surface area contributed by atoms with Crippen LogP contribution in [0.5, 0.6) is 11.6 Å². The number of nitriles is 1. The van der Waals surface area contributed by atoms with Gasteiger partial charge in [0.15, 0.2) is 0 Å². The minimum absolute atomic E-state index is 0.0360. The zero-order chi connectivity index (χ0) is 35.3. The van der Waals surface area contributed by atoms with Crippen molar-refractivity contribution < 1.29 is 49.2 Å². The van der Waals surface area contributed by atoms with Gasteiger partial charge in [-0.05, 0) is 42.5 Å². The first-order chi connectivity index (χ1) is 23.3.